The molecule has 1 aromatic heterocycles. The number of rotatable bonds is 1. The van der Waals surface area contributed by atoms with Crippen LogP contribution in [0.5, 0.6) is 0 Å². The second-order valence-corrected chi connectivity index (χ2v) is 3.38. The lowest BCUT2D eigenvalue weighted by atomic mass is 10.5. The van der Waals surface area contributed by atoms with Gasteiger partial charge in [-0.05, 0) is 13.0 Å². The number of nitrogens with zero attached hydrogens (tertiary/aromatic N) is 2. The molecule has 0 aliphatic rings. The van der Waals surface area contributed by atoms with Crippen LogP contribution in [0.3, 0.4) is 0 Å². The maximum atomic E-state index is 11.8. The van der Waals surface area contributed by atoms with Crippen molar-refractivity contribution in [2.75, 3.05) is 0 Å². The Morgan fingerprint density at radius 1 is 1.50 bits per heavy atom. The highest BCUT2D eigenvalue weighted by Gasteiger charge is 2.30. The predicted molar refractivity (Wildman–Crippen MR) is 39.9 cm³/mol. The molecule has 0 N–H and O–H groups in total. The van der Waals surface area contributed by atoms with Gasteiger partial charge < -0.3 is 0 Å². The Hall–Kier alpha value is -0.650. The summed E-state index contributed by atoms with van der Waals surface area (Å²) in [6.07, 6.45) is 0. The highest BCUT2D eigenvalue weighted by Crippen LogP contribution is 2.35. The molecule has 0 atom stereocenters. The highest BCUT2D eigenvalue weighted by molar-refractivity contribution is 8.00. The van der Waals surface area contributed by atoms with E-state index >= 15 is 0 Å². The molecule has 1 heterocycles. The van der Waals surface area contributed by atoms with Crippen molar-refractivity contribution in [2.24, 2.45) is 7.05 Å². The van der Waals surface area contributed by atoms with Crippen LogP contribution in [-0.2, 0) is 7.05 Å². The van der Waals surface area contributed by atoms with Crippen molar-refractivity contribution >= 4 is 11.8 Å². The quantitative estimate of drug-likeness (QED) is 0.641. The van der Waals surface area contributed by atoms with Crippen molar-refractivity contribution in [1.82, 2.24) is 9.78 Å². The summed E-state index contributed by atoms with van der Waals surface area (Å²) in [4.78, 5) is 0. The van der Waals surface area contributed by atoms with Gasteiger partial charge in [0.05, 0.1) is 0 Å². The summed E-state index contributed by atoms with van der Waals surface area (Å²) >= 11 is -0.196. The molecule has 0 saturated heterocycles. The van der Waals surface area contributed by atoms with E-state index in [2.05, 4.69) is 5.10 Å². The normalized spacial score (nSPS) is 12.1. The minimum absolute atomic E-state index is 0.0116. The molecule has 0 aromatic carbocycles. The van der Waals surface area contributed by atoms with Crippen molar-refractivity contribution < 1.29 is 13.2 Å². The predicted octanol–water partition coefficient (Wildman–Crippen LogP) is 2.34. The van der Waals surface area contributed by atoms with E-state index < -0.39 is 5.51 Å². The first kappa shape index (κ1) is 9.44. The topological polar surface area (TPSA) is 17.8 Å². The van der Waals surface area contributed by atoms with Crippen LogP contribution in [-0.4, -0.2) is 15.3 Å². The van der Waals surface area contributed by atoms with Crippen LogP contribution in [0, 0.1) is 6.92 Å². The third-order valence-electron chi connectivity index (χ3n) is 1.31. The molecule has 0 spiro atoms. The molecule has 1 aromatic rings. The number of aryl methyl sites for hydroxylation is 2. The van der Waals surface area contributed by atoms with E-state index in [0.717, 1.165) is 0 Å². The van der Waals surface area contributed by atoms with E-state index in [1.807, 2.05) is 0 Å². The third kappa shape index (κ3) is 2.44. The number of halogens is 3. The Bertz CT molecular complexity index is 259. The molecule has 0 saturated carbocycles. The van der Waals surface area contributed by atoms with Crippen LogP contribution in [0.2, 0.25) is 0 Å². The summed E-state index contributed by atoms with van der Waals surface area (Å²) in [5.74, 6) is 0. The van der Waals surface area contributed by atoms with Crippen molar-refractivity contribution in [3.05, 3.63) is 11.8 Å². The lowest BCUT2D eigenvalue weighted by Crippen LogP contribution is -1.99. The van der Waals surface area contributed by atoms with Gasteiger partial charge in [0.15, 0.2) is 0 Å². The van der Waals surface area contributed by atoms with Gasteiger partial charge in [-0.2, -0.15) is 18.3 Å². The largest absolute Gasteiger partial charge is 0.447 e. The monoisotopic (exact) mass is 196 g/mol. The van der Waals surface area contributed by atoms with E-state index in [4.69, 9.17) is 0 Å². The summed E-state index contributed by atoms with van der Waals surface area (Å²) in [5, 5.41) is 3.64. The van der Waals surface area contributed by atoms with Gasteiger partial charge in [0.2, 0.25) is 0 Å². The zero-order chi connectivity index (χ0) is 9.35. The molecule has 0 fully saturated rings. The van der Waals surface area contributed by atoms with Crippen molar-refractivity contribution in [1.29, 1.82) is 0 Å². The Balaban J connectivity index is 2.77. The molecule has 0 unspecified atom stereocenters. The maximum Gasteiger partial charge on any atom is 0.447 e. The van der Waals surface area contributed by atoms with Crippen molar-refractivity contribution in [2.45, 2.75) is 17.5 Å². The summed E-state index contributed by atoms with van der Waals surface area (Å²) in [6, 6.07) is 1.40. The fourth-order valence-corrected chi connectivity index (χ4v) is 1.33. The summed E-state index contributed by atoms with van der Waals surface area (Å²) in [5.41, 5.74) is -3.54. The Kier molecular flexibility index (Phi) is 2.36. The molecule has 6 heteroatoms. The van der Waals surface area contributed by atoms with Gasteiger partial charge in [-0.1, -0.05) is 0 Å². The molecule has 0 bridgehead atoms. The average Bonchev–Trinajstić information content (AvgIpc) is 2.07. The van der Waals surface area contributed by atoms with Gasteiger partial charge in [0.1, 0.15) is 5.03 Å². The van der Waals surface area contributed by atoms with Crippen LogP contribution in [0.4, 0.5) is 13.2 Å². The zero-order valence-corrected chi connectivity index (χ0v) is 7.33. The molecule has 0 aliphatic heterocycles. The average molecular weight is 196 g/mol. The molecule has 1 rings (SSSR count). The van der Waals surface area contributed by atoms with E-state index in [1.54, 1.807) is 14.0 Å². The molecule has 0 amide bonds. The van der Waals surface area contributed by atoms with Gasteiger partial charge >= 0.3 is 5.51 Å². The molecular formula is C6H7F3N2S. The fourth-order valence-electron chi connectivity index (χ4n) is 0.696. The van der Waals surface area contributed by atoms with E-state index in [1.165, 1.54) is 10.7 Å². The standard InChI is InChI=1S/C6H7F3N2S/c1-4-3-5(10-11(4)2)12-6(7,8)9/h3H,1-2H3. The van der Waals surface area contributed by atoms with E-state index in [0.29, 0.717) is 5.69 Å². The van der Waals surface area contributed by atoms with Crippen LogP contribution < -0.4 is 0 Å². The van der Waals surface area contributed by atoms with Gasteiger partial charge in [0.25, 0.3) is 0 Å². The Morgan fingerprint density at radius 2 is 2.08 bits per heavy atom. The molecular weight excluding hydrogens is 189 g/mol. The molecule has 12 heavy (non-hydrogen) atoms. The van der Waals surface area contributed by atoms with E-state index in [9.17, 15) is 13.2 Å². The number of alkyl halides is 3. The van der Waals surface area contributed by atoms with Gasteiger partial charge in [-0.3, -0.25) is 4.68 Å². The van der Waals surface area contributed by atoms with Crippen molar-refractivity contribution in [3.63, 3.8) is 0 Å². The smallest absolute Gasteiger partial charge is 0.272 e. The van der Waals surface area contributed by atoms with Gasteiger partial charge in [0, 0.05) is 24.5 Å². The first-order valence-electron chi connectivity index (χ1n) is 3.15. The third-order valence-corrected chi connectivity index (χ3v) is 1.95. The maximum absolute atomic E-state index is 11.8. The summed E-state index contributed by atoms with van der Waals surface area (Å²) in [7, 11) is 1.61. The van der Waals surface area contributed by atoms with Gasteiger partial charge in [-0.25, -0.2) is 0 Å². The molecule has 2 nitrogen and oxygen atoms in total. The minimum Gasteiger partial charge on any atom is -0.272 e. The second kappa shape index (κ2) is 3.01. The number of thioether (sulfide) groups is 1. The summed E-state index contributed by atoms with van der Waals surface area (Å²) < 4.78 is 36.8. The molecule has 68 valence electrons. The fraction of sp³-hybridized carbons (Fsp3) is 0.500. The Morgan fingerprint density at radius 3 is 2.42 bits per heavy atom. The SMILES string of the molecule is Cc1cc(SC(F)(F)F)nn1C. The minimum atomic E-state index is -4.25. The lowest BCUT2D eigenvalue weighted by Gasteiger charge is -2.00. The number of hydrogen-bond donors (Lipinski definition) is 0. The van der Waals surface area contributed by atoms with E-state index in [-0.39, 0.29) is 16.8 Å². The number of hydrogen-bond acceptors (Lipinski definition) is 2. The van der Waals surface area contributed by atoms with Gasteiger partial charge in [-0.15, -0.1) is 0 Å². The van der Waals surface area contributed by atoms with Crippen molar-refractivity contribution in [3.8, 4) is 0 Å². The molecule has 0 aliphatic carbocycles. The highest BCUT2D eigenvalue weighted by atomic mass is 32.2. The van der Waals surface area contributed by atoms with Crippen LogP contribution in [0.25, 0.3) is 0 Å². The van der Waals surface area contributed by atoms with Crippen LogP contribution in [0.1, 0.15) is 5.69 Å². The molecule has 0 radical (unpaired) electrons. The van der Waals surface area contributed by atoms with Crippen LogP contribution in [0.15, 0.2) is 11.1 Å². The Labute approximate surface area is 71.8 Å². The summed E-state index contributed by atoms with van der Waals surface area (Å²) in [6.45, 7) is 1.70. The van der Waals surface area contributed by atoms with Crippen LogP contribution >= 0.6 is 11.8 Å². The second-order valence-electron chi connectivity index (χ2n) is 2.30. The first-order valence-corrected chi connectivity index (χ1v) is 3.96. The first-order chi connectivity index (χ1) is 5.38. The number of aromatic nitrogens is 2. The lowest BCUT2D eigenvalue weighted by molar-refractivity contribution is -0.0329. The zero-order valence-electron chi connectivity index (χ0n) is 6.51.